The molecule has 0 bridgehead atoms. The topological polar surface area (TPSA) is 107 Å². The fraction of sp³-hybridized carbons (Fsp3) is 0.0833. The summed E-state index contributed by atoms with van der Waals surface area (Å²) in [5, 5.41) is 16.3. The maximum absolute atomic E-state index is 10.7. The van der Waals surface area contributed by atoms with Crippen molar-refractivity contribution in [1.29, 1.82) is 0 Å². The molecule has 0 radical (unpaired) electrons. The van der Waals surface area contributed by atoms with Crippen LogP contribution < -0.4 is 0 Å². The van der Waals surface area contributed by atoms with Crippen molar-refractivity contribution in [2.45, 2.75) is 6.42 Å². The molecule has 100 valence electrons. The van der Waals surface area contributed by atoms with Crippen molar-refractivity contribution in [3.05, 3.63) is 54.1 Å². The predicted molar refractivity (Wildman–Crippen MR) is 65.4 cm³/mol. The molecular weight excluding hydrogens is 262 g/mol. The van der Waals surface area contributed by atoms with E-state index in [0.29, 0.717) is 18.1 Å². The number of carboxylic acids is 1. The van der Waals surface area contributed by atoms with Gasteiger partial charge in [-0.3, -0.25) is 0 Å². The Hall–Kier alpha value is -3.03. The molecule has 0 aliphatic rings. The standard InChI is InChI=1S/C12H9N5O3/c18-12(19)9-7-20-11(15-9)5-8-1-2-10(13-6-8)17-4-3-14-16-17/h1-4,6-7H,5H2,(H,18,19). The second kappa shape index (κ2) is 4.92. The van der Waals surface area contributed by atoms with Crippen LogP contribution in [0.4, 0.5) is 0 Å². The number of aromatic carboxylic acids is 1. The summed E-state index contributed by atoms with van der Waals surface area (Å²) in [6.45, 7) is 0. The third-order valence-electron chi connectivity index (χ3n) is 2.59. The van der Waals surface area contributed by atoms with E-state index in [1.54, 1.807) is 24.7 Å². The van der Waals surface area contributed by atoms with Gasteiger partial charge in [0, 0.05) is 6.20 Å². The van der Waals surface area contributed by atoms with Crippen LogP contribution >= 0.6 is 0 Å². The molecule has 8 heteroatoms. The summed E-state index contributed by atoms with van der Waals surface area (Å²) < 4.78 is 6.62. The summed E-state index contributed by atoms with van der Waals surface area (Å²) in [6, 6.07) is 3.62. The molecule has 0 aromatic carbocycles. The highest BCUT2D eigenvalue weighted by Crippen LogP contribution is 2.10. The number of pyridine rings is 1. The van der Waals surface area contributed by atoms with Gasteiger partial charge in [-0.1, -0.05) is 11.3 Å². The molecule has 1 N–H and O–H groups in total. The molecule has 3 heterocycles. The van der Waals surface area contributed by atoms with E-state index in [-0.39, 0.29) is 5.69 Å². The van der Waals surface area contributed by atoms with E-state index in [0.717, 1.165) is 11.8 Å². The van der Waals surface area contributed by atoms with Crippen LogP contribution in [0.1, 0.15) is 21.9 Å². The molecule has 3 aromatic rings. The second-order valence-corrected chi connectivity index (χ2v) is 3.98. The third kappa shape index (κ3) is 2.39. The molecule has 3 rings (SSSR count). The Balaban J connectivity index is 1.76. The molecule has 0 saturated heterocycles. The number of nitrogens with zero attached hydrogens (tertiary/aromatic N) is 5. The van der Waals surface area contributed by atoms with Crippen molar-refractivity contribution in [3.63, 3.8) is 0 Å². The lowest BCUT2D eigenvalue weighted by Gasteiger charge is -2.00. The van der Waals surface area contributed by atoms with Crippen LogP contribution in [0.15, 0.2) is 41.4 Å². The first-order chi connectivity index (χ1) is 9.72. The van der Waals surface area contributed by atoms with Gasteiger partial charge < -0.3 is 9.52 Å². The van der Waals surface area contributed by atoms with Gasteiger partial charge in [0.2, 0.25) is 0 Å². The fourth-order valence-corrected chi connectivity index (χ4v) is 1.65. The summed E-state index contributed by atoms with van der Waals surface area (Å²) in [5.41, 5.74) is 0.750. The minimum Gasteiger partial charge on any atom is -0.476 e. The van der Waals surface area contributed by atoms with Crippen LogP contribution in [-0.4, -0.2) is 36.0 Å². The number of carboxylic acid groups (broad SMARTS) is 1. The number of hydrogen-bond donors (Lipinski definition) is 1. The van der Waals surface area contributed by atoms with Crippen LogP contribution in [0, 0.1) is 0 Å². The molecule has 8 nitrogen and oxygen atoms in total. The van der Waals surface area contributed by atoms with Gasteiger partial charge in [-0.25, -0.2) is 19.4 Å². The first-order valence-corrected chi connectivity index (χ1v) is 5.72. The zero-order valence-corrected chi connectivity index (χ0v) is 10.2. The normalized spacial score (nSPS) is 10.6. The SMILES string of the molecule is O=C(O)c1coc(Cc2ccc(-n3ccnn3)nc2)n1. The molecule has 0 aliphatic heterocycles. The van der Waals surface area contributed by atoms with Gasteiger partial charge in [0.05, 0.1) is 18.8 Å². The van der Waals surface area contributed by atoms with Crippen molar-refractivity contribution >= 4 is 5.97 Å². The van der Waals surface area contributed by atoms with Crippen LogP contribution in [-0.2, 0) is 6.42 Å². The first kappa shape index (κ1) is 12.0. The number of aromatic nitrogens is 5. The summed E-state index contributed by atoms with van der Waals surface area (Å²) in [4.78, 5) is 18.8. The van der Waals surface area contributed by atoms with Crippen LogP contribution in [0.2, 0.25) is 0 Å². The molecule has 0 amide bonds. The lowest BCUT2D eigenvalue weighted by molar-refractivity contribution is 0.0690. The van der Waals surface area contributed by atoms with Gasteiger partial charge in [-0.15, -0.1) is 5.10 Å². The van der Waals surface area contributed by atoms with E-state index in [4.69, 9.17) is 9.52 Å². The Bertz CT molecular complexity index is 718. The molecule has 0 unspecified atom stereocenters. The maximum Gasteiger partial charge on any atom is 0.357 e. The van der Waals surface area contributed by atoms with Crippen molar-refractivity contribution in [2.75, 3.05) is 0 Å². The number of rotatable bonds is 4. The summed E-state index contributed by atoms with van der Waals surface area (Å²) in [5.74, 6) is -0.137. The van der Waals surface area contributed by atoms with Gasteiger partial charge in [0.15, 0.2) is 17.4 Å². The highest BCUT2D eigenvalue weighted by atomic mass is 16.4. The van der Waals surface area contributed by atoms with Gasteiger partial charge in [-0.2, -0.15) is 0 Å². The van der Waals surface area contributed by atoms with Crippen LogP contribution in [0.5, 0.6) is 0 Å². The first-order valence-electron chi connectivity index (χ1n) is 5.72. The van der Waals surface area contributed by atoms with E-state index >= 15 is 0 Å². The molecular formula is C12H9N5O3. The Kier molecular flexibility index (Phi) is 2.96. The van der Waals surface area contributed by atoms with E-state index in [9.17, 15) is 4.79 Å². The summed E-state index contributed by atoms with van der Waals surface area (Å²) >= 11 is 0. The monoisotopic (exact) mass is 271 g/mol. The zero-order chi connectivity index (χ0) is 13.9. The highest BCUT2D eigenvalue weighted by Gasteiger charge is 2.11. The average Bonchev–Trinajstić information content (AvgIpc) is 3.10. The summed E-state index contributed by atoms with van der Waals surface area (Å²) in [6.07, 6.45) is 6.40. The van der Waals surface area contributed by atoms with Gasteiger partial charge in [-0.05, 0) is 11.6 Å². The quantitative estimate of drug-likeness (QED) is 0.752. The smallest absolute Gasteiger partial charge is 0.357 e. The molecule has 3 aromatic heterocycles. The van der Waals surface area contributed by atoms with E-state index in [2.05, 4.69) is 20.3 Å². The fourth-order valence-electron chi connectivity index (χ4n) is 1.65. The lowest BCUT2D eigenvalue weighted by Crippen LogP contribution is -2.00. The molecule has 0 saturated carbocycles. The highest BCUT2D eigenvalue weighted by molar-refractivity contribution is 5.84. The number of hydrogen-bond acceptors (Lipinski definition) is 6. The maximum atomic E-state index is 10.7. The van der Waals surface area contributed by atoms with Crippen molar-refractivity contribution < 1.29 is 14.3 Å². The second-order valence-electron chi connectivity index (χ2n) is 3.98. The minimum absolute atomic E-state index is 0.104. The Labute approximate surface area is 112 Å². The van der Waals surface area contributed by atoms with E-state index in [1.165, 1.54) is 4.68 Å². The van der Waals surface area contributed by atoms with Crippen LogP contribution in [0.3, 0.4) is 0 Å². The minimum atomic E-state index is -1.11. The van der Waals surface area contributed by atoms with Gasteiger partial charge >= 0.3 is 5.97 Å². The van der Waals surface area contributed by atoms with E-state index in [1.807, 2.05) is 6.07 Å². The number of oxazole rings is 1. The average molecular weight is 271 g/mol. The van der Waals surface area contributed by atoms with Crippen molar-refractivity contribution in [3.8, 4) is 5.82 Å². The Morgan fingerprint density at radius 3 is 2.90 bits per heavy atom. The summed E-state index contributed by atoms with van der Waals surface area (Å²) in [7, 11) is 0. The van der Waals surface area contributed by atoms with E-state index < -0.39 is 5.97 Å². The predicted octanol–water partition coefficient (Wildman–Crippen LogP) is 0.939. The zero-order valence-electron chi connectivity index (χ0n) is 10.2. The Morgan fingerprint density at radius 1 is 1.40 bits per heavy atom. The molecule has 0 fully saturated rings. The molecule has 0 spiro atoms. The van der Waals surface area contributed by atoms with Gasteiger partial charge in [0.1, 0.15) is 6.26 Å². The molecule has 20 heavy (non-hydrogen) atoms. The third-order valence-corrected chi connectivity index (χ3v) is 2.59. The molecule has 0 aliphatic carbocycles. The lowest BCUT2D eigenvalue weighted by atomic mass is 10.2. The van der Waals surface area contributed by atoms with Crippen LogP contribution in [0.25, 0.3) is 5.82 Å². The van der Waals surface area contributed by atoms with Gasteiger partial charge in [0.25, 0.3) is 0 Å². The molecule has 0 atom stereocenters. The largest absolute Gasteiger partial charge is 0.476 e. The van der Waals surface area contributed by atoms with Crippen molar-refractivity contribution in [2.24, 2.45) is 0 Å². The number of carbonyl (C=O) groups is 1. The van der Waals surface area contributed by atoms with Crippen molar-refractivity contribution in [1.82, 2.24) is 25.0 Å². The Morgan fingerprint density at radius 2 is 2.30 bits per heavy atom.